The van der Waals surface area contributed by atoms with Crippen molar-refractivity contribution in [2.24, 2.45) is 0 Å². The number of para-hydroxylation sites is 1. The van der Waals surface area contributed by atoms with E-state index in [4.69, 9.17) is 9.97 Å². The molecule has 5 nitrogen and oxygen atoms in total. The third-order valence-corrected chi connectivity index (χ3v) is 7.38. The Labute approximate surface area is 202 Å². The number of nitrogens with one attached hydrogen (secondary N) is 1. The van der Waals surface area contributed by atoms with Crippen molar-refractivity contribution in [3.63, 3.8) is 0 Å². The van der Waals surface area contributed by atoms with E-state index in [-0.39, 0.29) is 11.7 Å². The Bertz CT molecular complexity index is 1310. The summed E-state index contributed by atoms with van der Waals surface area (Å²) in [5, 5.41) is 4.81. The lowest BCUT2D eigenvalue weighted by Crippen LogP contribution is -2.31. The lowest BCUT2D eigenvalue weighted by molar-refractivity contribution is -0.113. The molecule has 0 radical (unpaired) electrons. The van der Waals surface area contributed by atoms with Crippen molar-refractivity contribution >= 4 is 52.0 Å². The maximum atomic E-state index is 12.7. The van der Waals surface area contributed by atoms with Gasteiger partial charge in [-0.25, -0.2) is 9.97 Å². The van der Waals surface area contributed by atoms with Gasteiger partial charge in [-0.2, -0.15) is 0 Å². The molecule has 2 heterocycles. The number of hydrogen-bond donors (Lipinski definition) is 1. The van der Waals surface area contributed by atoms with E-state index >= 15 is 0 Å². The van der Waals surface area contributed by atoms with Crippen molar-refractivity contribution in [1.82, 2.24) is 9.97 Å². The average Bonchev–Trinajstić information content (AvgIpc) is 2.87. The Hall–Kier alpha value is -3.03. The van der Waals surface area contributed by atoms with Crippen LogP contribution in [0.2, 0.25) is 0 Å². The van der Waals surface area contributed by atoms with Crippen molar-refractivity contribution < 1.29 is 4.79 Å². The van der Waals surface area contributed by atoms with Crippen molar-refractivity contribution in [3.05, 3.63) is 83.9 Å². The van der Waals surface area contributed by atoms with E-state index in [9.17, 15) is 4.79 Å². The summed E-state index contributed by atoms with van der Waals surface area (Å²) in [5.74, 6) is 0.959. The summed E-state index contributed by atoms with van der Waals surface area (Å²) in [6, 6.07) is 24.4. The molecular weight excluding hydrogens is 448 g/mol. The fourth-order valence-electron chi connectivity index (χ4n) is 3.99. The standard InChI is InChI=1S/C26H24N4OS2/c1-32-21-10-6-9-20(15-21)27-24(31)17-33-25-22-11-4-5-12-23(22)28-26(29-25)30-14-13-18-7-2-3-8-19(18)16-30/h2-12,15H,13-14,16-17H2,1H3,(H,27,31). The minimum atomic E-state index is -0.0469. The highest BCUT2D eigenvalue weighted by Gasteiger charge is 2.20. The molecule has 1 amide bonds. The molecule has 3 aromatic carbocycles. The Morgan fingerprint density at radius 1 is 1.00 bits per heavy atom. The second kappa shape index (κ2) is 9.85. The van der Waals surface area contributed by atoms with Crippen LogP contribution in [-0.4, -0.2) is 34.4 Å². The first-order valence-electron chi connectivity index (χ1n) is 10.8. The molecule has 0 aliphatic carbocycles. The molecule has 1 aromatic heterocycles. The van der Waals surface area contributed by atoms with E-state index in [1.165, 1.54) is 22.9 Å². The zero-order valence-corrected chi connectivity index (χ0v) is 20.0. The number of carbonyl (C=O) groups excluding carboxylic acids is 1. The van der Waals surface area contributed by atoms with Gasteiger partial charge in [-0.05, 0) is 48.1 Å². The Morgan fingerprint density at radius 3 is 2.70 bits per heavy atom. The highest BCUT2D eigenvalue weighted by atomic mass is 32.2. The molecule has 0 atom stereocenters. The number of thioether (sulfide) groups is 2. The highest BCUT2D eigenvalue weighted by Crippen LogP contribution is 2.30. The summed E-state index contributed by atoms with van der Waals surface area (Å²) in [6.07, 6.45) is 3.00. The van der Waals surface area contributed by atoms with E-state index in [2.05, 4.69) is 34.5 Å². The SMILES string of the molecule is CSc1cccc(NC(=O)CSc2nc(N3CCc4ccccc4C3)nc3ccccc23)c1. The summed E-state index contributed by atoms with van der Waals surface area (Å²) in [5.41, 5.74) is 4.43. The van der Waals surface area contributed by atoms with Crippen molar-refractivity contribution in [2.75, 3.05) is 28.8 Å². The number of aromatic nitrogens is 2. The van der Waals surface area contributed by atoms with Crippen LogP contribution in [-0.2, 0) is 17.8 Å². The van der Waals surface area contributed by atoms with Gasteiger partial charge >= 0.3 is 0 Å². The van der Waals surface area contributed by atoms with E-state index < -0.39 is 0 Å². The number of nitrogens with zero attached hydrogens (tertiary/aromatic N) is 3. The molecule has 0 saturated carbocycles. The number of rotatable bonds is 6. The van der Waals surface area contributed by atoms with Gasteiger partial charge in [0, 0.05) is 29.1 Å². The molecule has 166 valence electrons. The number of fused-ring (bicyclic) bond motifs is 2. The Morgan fingerprint density at radius 2 is 1.82 bits per heavy atom. The molecule has 7 heteroatoms. The quantitative estimate of drug-likeness (QED) is 0.289. The van der Waals surface area contributed by atoms with Gasteiger partial charge in [0.15, 0.2) is 0 Å². The van der Waals surface area contributed by atoms with Gasteiger partial charge in [0.25, 0.3) is 0 Å². The predicted molar refractivity (Wildman–Crippen MR) is 138 cm³/mol. The largest absolute Gasteiger partial charge is 0.336 e. The first-order valence-corrected chi connectivity index (χ1v) is 13.1. The zero-order chi connectivity index (χ0) is 22.6. The fourth-order valence-corrected chi connectivity index (χ4v) is 5.26. The molecule has 0 fully saturated rings. The molecule has 0 unspecified atom stereocenters. The highest BCUT2D eigenvalue weighted by molar-refractivity contribution is 8.00. The van der Waals surface area contributed by atoms with Gasteiger partial charge < -0.3 is 10.2 Å². The van der Waals surface area contributed by atoms with E-state index in [0.29, 0.717) is 0 Å². The summed E-state index contributed by atoms with van der Waals surface area (Å²) >= 11 is 3.11. The maximum absolute atomic E-state index is 12.7. The van der Waals surface area contributed by atoms with Crippen molar-refractivity contribution in [3.8, 4) is 0 Å². The van der Waals surface area contributed by atoms with Crippen LogP contribution in [0.1, 0.15) is 11.1 Å². The van der Waals surface area contributed by atoms with Crippen LogP contribution in [0.3, 0.4) is 0 Å². The van der Waals surface area contributed by atoms with Crippen LogP contribution in [0, 0.1) is 0 Å². The zero-order valence-electron chi connectivity index (χ0n) is 18.3. The smallest absolute Gasteiger partial charge is 0.234 e. The second-order valence-electron chi connectivity index (χ2n) is 7.85. The molecule has 1 N–H and O–H groups in total. The van der Waals surface area contributed by atoms with Gasteiger partial charge in [0.1, 0.15) is 5.03 Å². The summed E-state index contributed by atoms with van der Waals surface area (Å²) < 4.78 is 0. The number of benzene rings is 3. The lowest BCUT2D eigenvalue weighted by atomic mass is 10.0. The lowest BCUT2D eigenvalue weighted by Gasteiger charge is -2.29. The molecule has 0 saturated heterocycles. The van der Waals surface area contributed by atoms with Gasteiger partial charge in [0.2, 0.25) is 11.9 Å². The molecule has 0 spiro atoms. The summed E-state index contributed by atoms with van der Waals surface area (Å²) in [7, 11) is 0. The predicted octanol–water partition coefficient (Wildman–Crippen LogP) is 5.65. The molecular formula is C26H24N4OS2. The minimum absolute atomic E-state index is 0.0469. The number of amides is 1. The van der Waals surface area contributed by atoms with E-state index in [1.54, 1.807) is 11.8 Å². The third-order valence-electron chi connectivity index (χ3n) is 5.66. The second-order valence-corrected chi connectivity index (χ2v) is 9.70. The van der Waals surface area contributed by atoms with E-state index in [1.807, 2.05) is 54.8 Å². The van der Waals surface area contributed by atoms with Crippen LogP contribution in [0.25, 0.3) is 10.9 Å². The number of anilines is 2. The van der Waals surface area contributed by atoms with Crippen molar-refractivity contribution in [1.29, 1.82) is 0 Å². The monoisotopic (exact) mass is 472 g/mol. The summed E-state index contributed by atoms with van der Waals surface area (Å²) in [4.78, 5) is 25.7. The maximum Gasteiger partial charge on any atom is 0.234 e. The third kappa shape index (κ3) is 4.99. The van der Waals surface area contributed by atoms with Gasteiger partial charge in [-0.3, -0.25) is 4.79 Å². The normalized spacial score (nSPS) is 13.1. The van der Waals surface area contributed by atoms with Gasteiger partial charge in [-0.15, -0.1) is 11.8 Å². The molecule has 1 aliphatic rings. The number of carbonyl (C=O) groups is 1. The minimum Gasteiger partial charge on any atom is -0.336 e. The first kappa shape index (κ1) is 21.8. The van der Waals surface area contributed by atoms with E-state index in [0.717, 1.165) is 52.0 Å². The van der Waals surface area contributed by atoms with Crippen LogP contribution in [0.15, 0.2) is 82.7 Å². The van der Waals surface area contributed by atoms with Gasteiger partial charge in [0.05, 0.1) is 11.3 Å². The van der Waals surface area contributed by atoms with Crippen LogP contribution in [0.5, 0.6) is 0 Å². The van der Waals surface area contributed by atoms with Crippen LogP contribution in [0.4, 0.5) is 11.6 Å². The van der Waals surface area contributed by atoms with Gasteiger partial charge in [-0.1, -0.05) is 60.3 Å². The Kier molecular flexibility index (Phi) is 6.51. The molecule has 0 bridgehead atoms. The fraction of sp³-hybridized carbons (Fsp3) is 0.192. The van der Waals surface area contributed by atoms with Crippen LogP contribution >= 0.6 is 23.5 Å². The van der Waals surface area contributed by atoms with Crippen molar-refractivity contribution in [2.45, 2.75) is 22.9 Å². The molecule has 33 heavy (non-hydrogen) atoms. The first-order chi connectivity index (χ1) is 16.2. The molecule has 4 aromatic rings. The molecule has 5 rings (SSSR count). The average molecular weight is 473 g/mol. The molecule has 1 aliphatic heterocycles. The van der Waals surface area contributed by atoms with Crippen LogP contribution < -0.4 is 10.2 Å². The topological polar surface area (TPSA) is 58.1 Å². The number of hydrogen-bond acceptors (Lipinski definition) is 6. The summed E-state index contributed by atoms with van der Waals surface area (Å²) in [6.45, 7) is 1.68. The Balaban J connectivity index is 1.36.